The van der Waals surface area contributed by atoms with Crippen LogP contribution >= 0.6 is 0 Å². The second-order valence-corrected chi connectivity index (χ2v) is 8.83. The van der Waals surface area contributed by atoms with Crippen LogP contribution < -0.4 is 0 Å². The molecule has 0 atom stereocenters. The summed E-state index contributed by atoms with van der Waals surface area (Å²) < 4.78 is 6.21. The van der Waals surface area contributed by atoms with Crippen molar-refractivity contribution in [3.8, 4) is 0 Å². The van der Waals surface area contributed by atoms with E-state index in [0.717, 1.165) is 24.4 Å². The second-order valence-electron chi connectivity index (χ2n) is 8.83. The number of hydrogen-bond acceptors (Lipinski definition) is 1. The molecule has 2 rings (SSSR count). The Bertz CT molecular complexity index is 284. The molecular weight excluding hydrogens is 292 g/mol. The van der Waals surface area contributed by atoms with Gasteiger partial charge in [0.05, 0.1) is 6.10 Å². The standard InChI is InChI=1S/C23H44O/c1-3-5-6-9-21-15-17-23(18-16-21)24-19-7-10-22-13-11-20(8-4-2)12-14-22/h20-23H,3-19H2,1-2H3. The van der Waals surface area contributed by atoms with E-state index in [2.05, 4.69) is 13.8 Å². The molecule has 0 radical (unpaired) electrons. The highest BCUT2D eigenvalue weighted by Gasteiger charge is 2.22. The average molecular weight is 337 g/mol. The van der Waals surface area contributed by atoms with Crippen molar-refractivity contribution in [1.82, 2.24) is 0 Å². The van der Waals surface area contributed by atoms with E-state index >= 15 is 0 Å². The van der Waals surface area contributed by atoms with Crippen LogP contribution in [0.4, 0.5) is 0 Å². The Hall–Kier alpha value is -0.0400. The fourth-order valence-electron chi connectivity index (χ4n) is 5.11. The third-order valence-electron chi connectivity index (χ3n) is 6.78. The monoisotopic (exact) mass is 336 g/mol. The van der Waals surface area contributed by atoms with Gasteiger partial charge in [0, 0.05) is 6.61 Å². The molecule has 0 N–H and O–H groups in total. The molecule has 0 saturated heterocycles. The highest BCUT2D eigenvalue weighted by atomic mass is 16.5. The van der Waals surface area contributed by atoms with Gasteiger partial charge in [0.2, 0.25) is 0 Å². The molecule has 0 heterocycles. The molecular formula is C23H44O. The lowest BCUT2D eigenvalue weighted by atomic mass is 9.78. The summed E-state index contributed by atoms with van der Waals surface area (Å²) in [6.45, 7) is 5.67. The largest absolute Gasteiger partial charge is 0.378 e. The van der Waals surface area contributed by atoms with Crippen LogP contribution in [0.2, 0.25) is 0 Å². The minimum absolute atomic E-state index is 0.590. The smallest absolute Gasteiger partial charge is 0.0575 e. The van der Waals surface area contributed by atoms with Gasteiger partial charge < -0.3 is 4.74 Å². The molecule has 0 spiro atoms. The number of rotatable bonds is 11. The first-order valence-electron chi connectivity index (χ1n) is 11.4. The Kier molecular flexibility index (Phi) is 10.4. The van der Waals surface area contributed by atoms with Crippen LogP contribution in [0.1, 0.15) is 117 Å². The zero-order valence-corrected chi connectivity index (χ0v) is 16.7. The Morgan fingerprint density at radius 2 is 1.12 bits per heavy atom. The Balaban J connectivity index is 1.44. The third kappa shape index (κ3) is 7.89. The first-order chi connectivity index (χ1) is 11.8. The van der Waals surface area contributed by atoms with Gasteiger partial charge in [-0.1, -0.05) is 78.1 Å². The number of hydrogen-bond donors (Lipinski definition) is 0. The molecule has 0 unspecified atom stereocenters. The molecule has 1 nitrogen and oxygen atoms in total. The molecule has 142 valence electrons. The van der Waals surface area contributed by atoms with Crippen molar-refractivity contribution in [1.29, 1.82) is 0 Å². The second kappa shape index (κ2) is 12.3. The van der Waals surface area contributed by atoms with E-state index in [1.807, 2.05) is 0 Å². The van der Waals surface area contributed by atoms with Gasteiger partial charge in [-0.15, -0.1) is 0 Å². The molecule has 2 fully saturated rings. The first-order valence-corrected chi connectivity index (χ1v) is 11.4. The minimum Gasteiger partial charge on any atom is -0.378 e. The lowest BCUT2D eigenvalue weighted by Gasteiger charge is -2.30. The SMILES string of the molecule is CCCCCC1CCC(OCCCC2CCC(CCC)CC2)CC1. The van der Waals surface area contributed by atoms with Gasteiger partial charge in [0.25, 0.3) is 0 Å². The van der Waals surface area contributed by atoms with Crippen LogP contribution in [0, 0.1) is 17.8 Å². The van der Waals surface area contributed by atoms with Crippen LogP contribution in [-0.4, -0.2) is 12.7 Å². The van der Waals surface area contributed by atoms with Gasteiger partial charge in [0.1, 0.15) is 0 Å². The Labute approximate surface area is 152 Å². The predicted octanol–water partition coefficient (Wildman–Crippen LogP) is 7.53. The van der Waals surface area contributed by atoms with Gasteiger partial charge in [-0.2, -0.15) is 0 Å². The van der Waals surface area contributed by atoms with E-state index in [1.165, 1.54) is 103 Å². The summed E-state index contributed by atoms with van der Waals surface area (Å²) in [7, 11) is 0. The summed E-state index contributed by atoms with van der Waals surface area (Å²) >= 11 is 0. The molecule has 2 saturated carbocycles. The molecule has 2 aliphatic rings. The third-order valence-corrected chi connectivity index (χ3v) is 6.78. The van der Waals surface area contributed by atoms with Gasteiger partial charge in [-0.25, -0.2) is 0 Å². The van der Waals surface area contributed by atoms with Crippen molar-refractivity contribution in [2.45, 2.75) is 123 Å². The molecule has 0 amide bonds. The van der Waals surface area contributed by atoms with E-state index in [4.69, 9.17) is 4.74 Å². The minimum atomic E-state index is 0.590. The lowest BCUT2D eigenvalue weighted by molar-refractivity contribution is 0.0132. The average Bonchev–Trinajstić information content (AvgIpc) is 2.62. The summed E-state index contributed by atoms with van der Waals surface area (Å²) in [6.07, 6.45) is 23.4. The van der Waals surface area contributed by atoms with Gasteiger partial charge in [-0.3, -0.25) is 0 Å². The molecule has 0 aromatic heterocycles. The topological polar surface area (TPSA) is 9.23 Å². The van der Waals surface area contributed by atoms with Crippen molar-refractivity contribution in [2.24, 2.45) is 17.8 Å². The first kappa shape index (κ1) is 20.3. The van der Waals surface area contributed by atoms with E-state index in [-0.39, 0.29) is 0 Å². The maximum atomic E-state index is 6.21. The van der Waals surface area contributed by atoms with Gasteiger partial charge in [-0.05, 0) is 56.3 Å². The lowest BCUT2D eigenvalue weighted by Crippen LogP contribution is -2.22. The highest BCUT2D eigenvalue weighted by Crippen LogP contribution is 2.34. The van der Waals surface area contributed by atoms with E-state index < -0.39 is 0 Å². The summed E-state index contributed by atoms with van der Waals surface area (Å²) in [4.78, 5) is 0. The van der Waals surface area contributed by atoms with Crippen LogP contribution in [0.25, 0.3) is 0 Å². The fraction of sp³-hybridized carbons (Fsp3) is 1.00. The maximum absolute atomic E-state index is 6.21. The normalized spacial score (nSPS) is 31.2. The number of ether oxygens (including phenoxy) is 1. The van der Waals surface area contributed by atoms with Crippen molar-refractivity contribution in [3.63, 3.8) is 0 Å². The summed E-state index contributed by atoms with van der Waals surface area (Å²) in [6, 6.07) is 0. The fourth-order valence-corrected chi connectivity index (χ4v) is 5.11. The van der Waals surface area contributed by atoms with Crippen LogP contribution in [-0.2, 0) is 4.74 Å². The molecule has 0 aromatic rings. The highest BCUT2D eigenvalue weighted by molar-refractivity contribution is 4.74. The van der Waals surface area contributed by atoms with Crippen molar-refractivity contribution < 1.29 is 4.74 Å². The van der Waals surface area contributed by atoms with Gasteiger partial charge in [0.15, 0.2) is 0 Å². The molecule has 0 aromatic carbocycles. The van der Waals surface area contributed by atoms with Gasteiger partial charge >= 0.3 is 0 Å². The summed E-state index contributed by atoms with van der Waals surface area (Å²) in [5.74, 6) is 3.07. The van der Waals surface area contributed by atoms with E-state index in [0.29, 0.717) is 6.10 Å². The zero-order valence-electron chi connectivity index (χ0n) is 16.7. The molecule has 1 heteroatoms. The Morgan fingerprint density at radius 3 is 1.71 bits per heavy atom. The summed E-state index contributed by atoms with van der Waals surface area (Å²) in [5.41, 5.74) is 0. The predicted molar refractivity (Wildman–Crippen MR) is 105 cm³/mol. The van der Waals surface area contributed by atoms with Crippen LogP contribution in [0.5, 0.6) is 0 Å². The zero-order chi connectivity index (χ0) is 17.0. The number of unbranched alkanes of at least 4 members (excludes halogenated alkanes) is 2. The van der Waals surface area contributed by atoms with Crippen molar-refractivity contribution in [3.05, 3.63) is 0 Å². The maximum Gasteiger partial charge on any atom is 0.0575 e. The quantitative estimate of drug-likeness (QED) is 0.354. The van der Waals surface area contributed by atoms with Crippen LogP contribution in [0.15, 0.2) is 0 Å². The van der Waals surface area contributed by atoms with E-state index in [1.54, 1.807) is 0 Å². The van der Waals surface area contributed by atoms with Crippen molar-refractivity contribution in [2.75, 3.05) is 6.61 Å². The molecule has 0 bridgehead atoms. The summed E-state index contributed by atoms with van der Waals surface area (Å²) in [5, 5.41) is 0. The van der Waals surface area contributed by atoms with E-state index in [9.17, 15) is 0 Å². The molecule has 2 aliphatic carbocycles. The molecule has 24 heavy (non-hydrogen) atoms. The van der Waals surface area contributed by atoms with Crippen molar-refractivity contribution >= 4 is 0 Å². The Morgan fingerprint density at radius 1 is 0.583 bits per heavy atom. The van der Waals surface area contributed by atoms with Crippen LogP contribution in [0.3, 0.4) is 0 Å². The molecule has 0 aliphatic heterocycles.